The predicted molar refractivity (Wildman–Crippen MR) is 67.9 cm³/mol. The molecule has 0 spiro atoms. The lowest BCUT2D eigenvalue weighted by Gasteiger charge is -2.08. The first kappa shape index (κ1) is 11.9. The molecule has 1 aromatic heterocycles. The van der Waals surface area contributed by atoms with Crippen LogP contribution in [0.1, 0.15) is 11.1 Å². The monoisotopic (exact) mass is 248 g/mol. The van der Waals surface area contributed by atoms with Gasteiger partial charge in [0.1, 0.15) is 12.4 Å². The summed E-state index contributed by atoms with van der Waals surface area (Å²) in [5, 5.41) is 0.639. The molecule has 3 nitrogen and oxygen atoms in total. The molecule has 0 saturated heterocycles. The zero-order chi connectivity index (χ0) is 12.1. The Labute approximate surface area is 105 Å². The molecule has 0 atom stereocenters. The van der Waals surface area contributed by atoms with E-state index in [0.717, 1.165) is 16.9 Å². The van der Waals surface area contributed by atoms with E-state index in [1.54, 1.807) is 18.5 Å². The first-order valence-corrected chi connectivity index (χ1v) is 5.67. The van der Waals surface area contributed by atoms with Crippen molar-refractivity contribution >= 4 is 11.6 Å². The van der Waals surface area contributed by atoms with Gasteiger partial charge < -0.3 is 10.5 Å². The van der Waals surface area contributed by atoms with Crippen molar-refractivity contribution in [1.29, 1.82) is 0 Å². The Morgan fingerprint density at radius 1 is 1.18 bits per heavy atom. The van der Waals surface area contributed by atoms with Crippen LogP contribution in [0.2, 0.25) is 5.02 Å². The molecule has 0 fully saturated rings. The van der Waals surface area contributed by atoms with Crippen molar-refractivity contribution < 1.29 is 4.74 Å². The number of nitrogens with two attached hydrogens (primary N) is 1. The van der Waals surface area contributed by atoms with E-state index < -0.39 is 0 Å². The van der Waals surface area contributed by atoms with E-state index in [2.05, 4.69) is 4.98 Å². The molecule has 0 aliphatic carbocycles. The molecule has 2 rings (SSSR count). The Hall–Kier alpha value is -1.58. The molecular weight excluding hydrogens is 236 g/mol. The summed E-state index contributed by atoms with van der Waals surface area (Å²) in [5.41, 5.74) is 7.52. The highest BCUT2D eigenvalue weighted by molar-refractivity contribution is 6.31. The van der Waals surface area contributed by atoms with E-state index in [4.69, 9.17) is 22.1 Å². The van der Waals surface area contributed by atoms with Crippen LogP contribution < -0.4 is 10.5 Å². The summed E-state index contributed by atoms with van der Waals surface area (Å²) in [6.45, 7) is 0.935. The molecule has 0 saturated carbocycles. The fourth-order valence-corrected chi connectivity index (χ4v) is 1.68. The van der Waals surface area contributed by atoms with Gasteiger partial charge in [0.25, 0.3) is 0 Å². The van der Waals surface area contributed by atoms with Crippen LogP contribution in [0.25, 0.3) is 0 Å². The number of hydrogen-bond acceptors (Lipinski definition) is 3. The number of benzene rings is 1. The Morgan fingerprint density at radius 3 is 2.59 bits per heavy atom. The van der Waals surface area contributed by atoms with Crippen molar-refractivity contribution in [1.82, 2.24) is 4.98 Å². The van der Waals surface area contributed by atoms with E-state index in [-0.39, 0.29) is 0 Å². The van der Waals surface area contributed by atoms with E-state index >= 15 is 0 Å². The lowest BCUT2D eigenvalue weighted by Crippen LogP contribution is -1.99. The van der Waals surface area contributed by atoms with E-state index in [9.17, 15) is 0 Å². The summed E-state index contributed by atoms with van der Waals surface area (Å²) in [6, 6.07) is 9.36. The van der Waals surface area contributed by atoms with Crippen LogP contribution in [-0.4, -0.2) is 4.98 Å². The minimum Gasteiger partial charge on any atom is -0.489 e. The summed E-state index contributed by atoms with van der Waals surface area (Å²) in [5.74, 6) is 0.740. The van der Waals surface area contributed by atoms with Gasteiger partial charge in [0.15, 0.2) is 0 Å². The first-order valence-electron chi connectivity index (χ1n) is 5.30. The van der Waals surface area contributed by atoms with Gasteiger partial charge in [-0.3, -0.25) is 4.98 Å². The highest BCUT2D eigenvalue weighted by atomic mass is 35.5. The molecule has 0 aliphatic heterocycles. The van der Waals surface area contributed by atoms with Crippen LogP contribution in [0.5, 0.6) is 5.75 Å². The van der Waals surface area contributed by atoms with Crippen LogP contribution >= 0.6 is 11.6 Å². The predicted octanol–water partition coefficient (Wildman–Crippen LogP) is 2.77. The number of ether oxygens (including phenoxy) is 1. The maximum Gasteiger partial charge on any atom is 0.121 e. The highest BCUT2D eigenvalue weighted by Gasteiger charge is 2.01. The van der Waals surface area contributed by atoms with Gasteiger partial charge in [-0.2, -0.15) is 0 Å². The van der Waals surface area contributed by atoms with Crippen molar-refractivity contribution in [3.05, 3.63) is 58.9 Å². The number of rotatable bonds is 4. The van der Waals surface area contributed by atoms with Crippen LogP contribution in [0.15, 0.2) is 42.7 Å². The molecule has 0 bridgehead atoms. The van der Waals surface area contributed by atoms with Gasteiger partial charge in [-0.25, -0.2) is 0 Å². The third-order valence-electron chi connectivity index (χ3n) is 2.40. The molecule has 2 N–H and O–H groups in total. The maximum absolute atomic E-state index is 6.04. The molecular formula is C13H13ClN2O. The summed E-state index contributed by atoms with van der Waals surface area (Å²) < 4.78 is 5.62. The van der Waals surface area contributed by atoms with Crippen LogP contribution in [0.3, 0.4) is 0 Å². The quantitative estimate of drug-likeness (QED) is 0.905. The Kier molecular flexibility index (Phi) is 3.96. The molecule has 0 amide bonds. The first-order chi connectivity index (χ1) is 8.29. The van der Waals surface area contributed by atoms with Gasteiger partial charge >= 0.3 is 0 Å². The molecule has 1 aromatic carbocycles. The smallest absolute Gasteiger partial charge is 0.121 e. The minimum absolute atomic E-state index is 0.434. The van der Waals surface area contributed by atoms with Gasteiger partial charge in [0.2, 0.25) is 0 Å². The van der Waals surface area contributed by atoms with Crippen molar-refractivity contribution in [3.8, 4) is 5.75 Å². The second kappa shape index (κ2) is 5.66. The Bertz CT molecular complexity index is 488. The zero-order valence-corrected chi connectivity index (χ0v) is 10.0. The average molecular weight is 249 g/mol. The summed E-state index contributed by atoms with van der Waals surface area (Å²) in [7, 11) is 0. The second-order valence-corrected chi connectivity index (χ2v) is 4.01. The maximum atomic E-state index is 6.04. The standard InChI is InChI=1S/C13H13ClN2O/c14-13-7-12(2-1-11(13)8-15)17-9-10-3-5-16-6-4-10/h1-7H,8-9,15H2. The SMILES string of the molecule is NCc1ccc(OCc2ccncc2)cc1Cl. The van der Waals surface area contributed by atoms with E-state index in [1.165, 1.54) is 0 Å². The largest absolute Gasteiger partial charge is 0.489 e. The topological polar surface area (TPSA) is 48.1 Å². The number of halogens is 1. The lowest BCUT2D eigenvalue weighted by molar-refractivity contribution is 0.306. The molecule has 2 aromatic rings. The molecule has 0 aliphatic rings. The third kappa shape index (κ3) is 3.19. The fourth-order valence-electron chi connectivity index (χ4n) is 1.43. The number of pyridine rings is 1. The van der Waals surface area contributed by atoms with Crippen molar-refractivity contribution in [2.24, 2.45) is 5.73 Å². The fraction of sp³-hybridized carbons (Fsp3) is 0.154. The average Bonchev–Trinajstić information content (AvgIpc) is 2.38. The molecule has 1 heterocycles. The lowest BCUT2D eigenvalue weighted by atomic mass is 10.2. The van der Waals surface area contributed by atoms with Crippen LogP contribution in [0.4, 0.5) is 0 Å². The van der Waals surface area contributed by atoms with Gasteiger partial charge in [0.05, 0.1) is 0 Å². The Balaban J connectivity index is 2.02. The second-order valence-electron chi connectivity index (χ2n) is 3.60. The van der Waals surface area contributed by atoms with Gasteiger partial charge in [-0.1, -0.05) is 17.7 Å². The summed E-state index contributed by atoms with van der Waals surface area (Å²) >= 11 is 6.04. The summed E-state index contributed by atoms with van der Waals surface area (Å²) in [4.78, 5) is 3.95. The van der Waals surface area contributed by atoms with E-state index in [0.29, 0.717) is 18.2 Å². The number of hydrogen-bond donors (Lipinski definition) is 1. The van der Waals surface area contributed by atoms with Crippen molar-refractivity contribution in [2.75, 3.05) is 0 Å². The number of nitrogens with zero attached hydrogens (tertiary/aromatic N) is 1. The summed E-state index contributed by atoms with van der Waals surface area (Å²) in [6.07, 6.45) is 3.48. The molecule has 4 heteroatoms. The molecule has 88 valence electrons. The van der Waals surface area contributed by atoms with Crippen LogP contribution in [-0.2, 0) is 13.2 Å². The van der Waals surface area contributed by atoms with Gasteiger partial charge in [0, 0.05) is 24.0 Å². The molecule has 0 radical (unpaired) electrons. The van der Waals surface area contributed by atoms with E-state index in [1.807, 2.05) is 24.3 Å². The Morgan fingerprint density at radius 2 is 1.94 bits per heavy atom. The molecule has 0 unspecified atom stereocenters. The van der Waals surface area contributed by atoms with Crippen molar-refractivity contribution in [3.63, 3.8) is 0 Å². The van der Waals surface area contributed by atoms with Crippen LogP contribution in [0, 0.1) is 0 Å². The van der Waals surface area contributed by atoms with Crippen molar-refractivity contribution in [2.45, 2.75) is 13.2 Å². The van der Waals surface area contributed by atoms with Gasteiger partial charge in [-0.15, -0.1) is 0 Å². The molecule has 17 heavy (non-hydrogen) atoms. The number of aromatic nitrogens is 1. The van der Waals surface area contributed by atoms with Gasteiger partial charge in [-0.05, 0) is 35.4 Å². The zero-order valence-electron chi connectivity index (χ0n) is 9.27. The minimum atomic E-state index is 0.434. The third-order valence-corrected chi connectivity index (χ3v) is 2.75. The highest BCUT2D eigenvalue weighted by Crippen LogP contribution is 2.22. The normalized spacial score (nSPS) is 10.2.